The van der Waals surface area contributed by atoms with Crippen LogP contribution in [-0.2, 0) is 14.3 Å². The van der Waals surface area contributed by atoms with Crippen molar-refractivity contribution in [2.45, 2.75) is 19.0 Å². The fraction of sp³-hybridized carbons (Fsp3) is 0.357. The fourth-order valence-electron chi connectivity index (χ4n) is 1.79. The normalized spacial score (nSPS) is 10.4. The zero-order chi connectivity index (χ0) is 16.8. The minimum absolute atomic E-state index is 0.0994. The number of carbonyl (C=O) groups excluding carboxylic acids is 2. The molecule has 9 heteroatoms. The molecule has 8 nitrogen and oxygen atoms in total. The van der Waals surface area contributed by atoms with Crippen molar-refractivity contribution in [2.75, 3.05) is 19.4 Å². The number of hydrogen-bond donors (Lipinski definition) is 1. The summed E-state index contributed by atoms with van der Waals surface area (Å²) in [7, 11) is 1.27. The maximum Gasteiger partial charge on any atom is 0.325 e. The van der Waals surface area contributed by atoms with Crippen molar-refractivity contribution in [3.05, 3.63) is 29.3 Å². The van der Waals surface area contributed by atoms with E-state index in [0.29, 0.717) is 5.16 Å². The highest BCUT2D eigenvalue weighted by Gasteiger charge is 2.13. The number of aryl methyl sites for hydroxylation is 2. The summed E-state index contributed by atoms with van der Waals surface area (Å²) in [5.74, 6) is -0.693. The molecule has 0 unspecified atom stereocenters. The zero-order valence-corrected chi connectivity index (χ0v) is 13.9. The number of thioether (sulfide) groups is 1. The lowest BCUT2D eigenvalue weighted by Crippen LogP contribution is -2.31. The standard InChI is InChI=1S/C14H17N5O3S/c1-9-4-5-10(2)11(6-9)19-14(16-17-18-19)23-8-12(20)15-7-13(21)22-3/h4-6H,7-8H2,1-3H3,(H,15,20). The van der Waals surface area contributed by atoms with Crippen molar-refractivity contribution < 1.29 is 14.3 Å². The van der Waals surface area contributed by atoms with E-state index >= 15 is 0 Å². The van der Waals surface area contributed by atoms with E-state index in [1.54, 1.807) is 4.68 Å². The van der Waals surface area contributed by atoms with E-state index in [4.69, 9.17) is 0 Å². The molecular formula is C14H17N5O3S. The number of esters is 1. The van der Waals surface area contributed by atoms with Gasteiger partial charge in [-0.1, -0.05) is 23.9 Å². The first-order valence-corrected chi connectivity index (χ1v) is 7.82. The van der Waals surface area contributed by atoms with Crippen molar-refractivity contribution in [3.63, 3.8) is 0 Å². The number of methoxy groups -OCH3 is 1. The summed E-state index contributed by atoms with van der Waals surface area (Å²) in [6.07, 6.45) is 0. The maximum absolute atomic E-state index is 11.7. The number of amides is 1. The smallest absolute Gasteiger partial charge is 0.325 e. The summed E-state index contributed by atoms with van der Waals surface area (Å²) in [4.78, 5) is 22.7. The van der Waals surface area contributed by atoms with E-state index in [0.717, 1.165) is 16.8 Å². The van der Waals surface area contributed by atoms with Crippen molar-refractivity contribution in [3.8, 4) is 5.69 Å². The average molecular weight is 335 g/mol. The molecule has 0 aliphatic rings. The number of rotatable bonds is 6. The van der Waals surface area contributed by atoms with Crippen LogP contribution < -0.4 is 5.32 Å². The van der Waals surface area contributed by atoms with Crippen LogP contribution in [0.1, 0.15) is 11.1 Å². The van der Waals surface area contributed by atoms with Crippen molar-refractivity contribution in [1.82, 2.24) is 25.5 Å². The molecule has 0 bridgehead atoms. The largest absolute Gasteiger partial charge is 0.468 e. The number of ether oxygens (including phenoxy) is 1. The molecule has 122 valence electrons. The average Bonchev–Trinajstić information content (AvgIpc) is 3.01. The van der Waals surface area contributed by atoms with Gasteiger partial charge in [-0.2, -0.15) is 4.68 Å². The van der Waals surface area contributed by atoms with Gasteiger partial charge in [-0.25, -0.2) is 0 Å². The van der Waals surface area contributed by atoms with Gasteiger partial charge in [-0.15, -0.1) is 5.10 Å². The lowest BCUT2D eigenvalue weighted by atomic mass is 10.1. The summed E-state index contributed by atoms with van der Waals surface area (Å²) < 4.78 is 6.05. The summed E-state index contributed by atoms with van der Waals surface area (Å²) >= 11 is 1.19. The van der Waals surface area contributed by atoms with Crippen molar-refractivity contribution in [1.29, 1.82) is 0 Å². The van der Waals surface area contributed by atoms with E-state index in [1.165, 1.54) is 18.9 Å². The third-order valence-electron chi connectivity index (χ3n) is 3.02. The molecule has 23 heavy (non-hydrogen) atoms. The van der Waals surface area contributed by atoms with Crippen LogP contribution in [0.15, 0.2) is 23.4 Å². The Hall–Kier alpha value is -2.42. The van der Waals surface area contributed by atoms with Gasteiger partial charge in [0, 0.05) is 0 Å². The topological polar surface area (TPSA) is 99.0 Å². The zero-order valence-electron chi connectivity index (χ0n) is 13.1. The minimum Gasteiger partial charge on any atom is -0.468 e. The molecule has 0 radical (unpaired) electrons. The number of hydrogen-bond acceptors (Lipinski definition) is 7. The third kappa shape index (κ3) is 4.52. The van der Waals surface area contributed by atoms with Gasteiger partial charge in [-0.3, -0.25) is 9.59 Å². The molecule has 1 aromatic heterocycles. The Balaban J connectivity index is 2.03. The molecule has 0 aliphatic carbocycles. The second-order valence-electron chi connectivity index (χ2n) is 4.80. The van der Waals surface area contributed by atoms with Gasteiger partial charge in [0.05, 0.1) is 18.6 Å². The quantitative estimate of drug-likeness (QED) is 0.611. The molecule has 2 aromatic rings. The molecule has 0 atom stereocenters. The fourth-order valence-corrected chi connectivity index (χ4v) is 2.51. The van der Waals surface area contributed by atoms with Crippen LogP contribution in [0.25, 0.3) is 5.69 Å². The Morgan fingerprint density at radius 1 is 1.35 bits per heavy atom. The molecule has 1 aromatic carbocycles. The van der Waals surface area contributed by atoms with Crippen LogP contribution in [-0.4, -0.2) is 51.5 Å². The summed E-state index contributed by atoms with van der Waals surface area (Å²) in [5.41, 5.74) is 2.99. The molecule has 2 rings (SSSR count). The second kappa shape index (κ2) is 7.73. The predicted molar refractivity (Wildman–Crippen MR) is 84.4 cm³/mol. The Morgan fingerprint density at radius 2 is 2.13 bits per heavy atom. The van der Waals surface area contributed by atoms with E-state index < -0.39 is 5.97 Å². The SMILES string of the molecule is COC(=O)CNC(=O)CSc1nnnn1-c1cc(C)ccc1C. The number of tetrazole rings is 1. The van der Waals surface area contributed by atoms with Crippen LogP contribution in [0.5, 0.6) is 0 Å². The van der Waals surface area contributed by atoms with Crippen LogP contribution in [0, 0.1) is 13.8 Å². The molecular weight excluding hydrogens is 318 g/mol. The summed E-state index contributed by atoms with van der Waals surface area (Å²) in [6.45, 7) is 3.80. The molecule has 0 saturated carbocycles. The van der Waals surface area contributed by atoms with Gasteiger partial charge in [0.15, 0.2) is 0 Å². The van der Waals surface area contributed by atoms with Gasteiger partial charge in [0.2, 0.25) is 11.1 Å². The number of nitrogens with zero attached hydrogens (tertiary/aromatic N) is 4. The first-order chi connectivity index (χ1) is 11.0. The van der Waals surface area contributed by atoms with Gasteiger partial charge in [0.25, 0.3) is 0 Å². The summed E-state index contributed by atoms with van der Waals surface area (Å²) in [6, 6.07) is 5.98. The number of nitrogens with one attached hydrogen (secondary N) is 1. The van der Waals surface area contributed by atoms with Gasteiger partial charge >= 0.3 is 5.97 Å². The van der Waals surface area contributed by atoms with Gasteiger partial charge < -0.3 is 10.1 Å². The number of aromatic nitrogens is 4. The Bertz CT molecular complexity index is 716. The van der Waals surface area contributed by atoms with Crippen LogP contribution in [0.4, 0.5) is 0 Å². The van der Waals surface area contributed by atoms with Crippen LogP contribution >= 0.6 is 11.8 Å². The van der Waals surface area contributed by atoms with Gasteiger partial charge in [0.1, 0.15) is 6.54 Å². The minimum atomic E-state index is -0.497. The maximum atomic E-state index is 11.7. The molecule has 1 heterocycles. The highest BCUT2D eigenvalue weighted by molar-refractivity contribution is 7.99. The predicted octanol–water partition coefficient (Wildman–Crippen LogP) is 0.660. The first kappa shape index (κ1) is 16.9. The van der Waals surface area contributed by atoms with Gasteiger partial charge in [-0.05, 0) is 41.5 Å². The number of benzene rings is 1. The molecule has 0 spiro atoms. The highest BCUT2D eigenvalue weighted by Crippen LogP contribution is 2.21. The van der Waals surface area contributed by atoms with Crippen molar-refractivity contribution in [2.24, 2.45) is 0 Å². The van der Waals surface area contributed by atoms with Crippen molar-refractivity contribution >= 4 is 23.6 Å². The second-order valence-corrected chi connectivity index (χ2v) is 5.75. The Morgan fingerprint density at radius 3 is 2.87 bits per heavy atom. The number of carbonyl (C=O) groups is 2. The van der Waals surface area contributed by atoms with Crippen LogP contribution in [0.2, 0.25) is 0 Å². The molecule has 1 N–H and O–H groups in total. The molecule has 0 saturated heterocycles. The summed E-state index contributed by atoms with van der Waals surface area (Å²) in [5, 5.41) is 14.6. The monoisotopic (exact) mass is 335 g/mol. The van der Waals surface area contributed by atoms with Crippen LogP contribution in [0.3, 0.4) is 0 Å². The molecule has 1 amide bonds. The molecule has 0 aliphatic heterocycles. The van der Waals surface area contributed by atoms with E-state index in [2.05, 4.69) is 25.6 Å². The van der Waals surface area contributed by atoms with E-state index in [9.17, 15) is 9.59 Å². The first-order valence-electron chi connectivity index (χ1n) is 6.83. The third-order valence-corrected chi connectivity index (χ3v) is 3.94. The lowest BCUT2D eigenvalue weighted by molar-refractivity contribution is -0.140. The highest BCUT2D eigenvalue weighted by atomic mass is 32.2. The van der Waals surface area contributed by atoms with E-state index in [-0.39, 0.29) is 18.2 Å². The molecule has 0 fully saturated rings. The lowest BCUT2D eigenvalue weighted by Gasteiger charge is -2.08. The Kier molecular flexibility index (Phi) is 5.69. The Labute approximate surface area is 137 Å². The van der Waals surface area contributed by atoms with E-state index in [1.807, 2.05) is 32.0 Å².